The van der Waals surface area contributed by atoms with Crippen molar-refractivity contribution in [2.45, 2.75) is 18.9 Å². The number of fused-ring (bicyclic) bond motifs is 1. The van der Waals surface area contributed by atoms with Crippen molar-refractivity contribution in [3.05, 3.63) is 36.5 Å². The molecule has 0 spiro atoms. The van der Waals surface area contributed by atoms with Crippen molar-refractivity contribution in [1.29, 1.82) is 0 Å². The number of aromatic nitrogens is 1. The van der Waals surface area contributed by atoms with Gasteiger partial charge in [-0.05, 0) is 25.0 Å². The number of para-hydroxylation sites is 1. The highest BCUT2D eigenvalue weighted by Gasteiger charge is 2.19. The minimum Gasteiger partial charge on any atom is -0.376 e. The van der Waals surface area contributed by atoms with Gasteiger partial charge in [-0.2, -0.15) is 0 Å². The lowest BCUT2D eigenvalue weighted by molar-refractivity contribution is -0.136. The van der Waals surface area contributed by atoms with Crippen LogP contribution in [0.3, 0.4) is 0 Å². The first-order chi connectivity index (χ1) is 10.7. The molecule has 0 saturated carbocycles. The fourth-order valence-corrected chi connectivity index (χ4v) is 2.48. The average Bonchev–Trinajstić information content (AvgIpc) is 3.06. The minimum absolute atomic E-state index is 0.0102. The molecule has 1 unspecified atom stereocenters. The summed E-state index contributed by atoms with van der Waals surface area (Å²) in [4.78, 5) is 28.0. The van der Waals surface area contributed by atoms with Crippen LogP contribution in [0.2, 0.25) is 0 Å². The lowest BCUT2D eigenvalue weighted by Gasteiger charge is -2.11. The monoisotopic (exact) mass is 299 g/mol. The van der Waals surface area contributed by atoms with Crippen molar-refractivity contribution in [3.8, 4) is 0 Å². The quantitative estimate of drug-likeness (QED) is 0.841. The van der Waals surface area contributed by atoms with Gasteiger partial charge in [-0.3, -0.25) is 14.6 Å². The molecule has 6 nitrogen and oxygen atoms in total. The number of ether oxygens (including phenoxy) is 1. The summed E-state index contributed by atoms with van der Waals surface area (Å²) in [6.45, 7) is 1.08. The van der Waals surface area contributed by atoms with E-state index in [1.807, 2.05) is 24.3 Å². The molecule has 2 N–H and O–H groups in total. The van der Waals surface area contributed by atoms with Gasteiger partial charge in [0.2, 0.25) is 0 Å². The zero-order valence-electron chi connectivity index (χ0n) is 12.0. The molecular formula is C16H17N3O3. The van der Waals surface area contributed by atoms with Gasteiger partial charge in [0.1, 0.15) is 0 Å². The molecule has 0 bridgehead atoms. The van der Waals surface area contributed by atoms with Crippen molar-refractivity contribution in [2.24, 2.45) is 0 Å². The van der Waals surface area contributed by atoms with E-state index < -0.39 is 11.8 Å². The van der Waals surface area contributed by atoms with E-state index in [-0.39, 0.29) is 6.10 Å². The maximum Gasteiger partial charge on any atom is 0.313 e. The fraction of sp³-hybridized carbons (Fsp3) is 0.312. The molecule has 1 aliphatic rings. The fourth-order valence-electron chi connectivity index (χ4n) is 2.48. The highest BCUT2D eigenvalue weighted by atomic mass is 16.5. The van der Waals surface area contributed by atoms with Crippen LogP contribution in [-0.2, 0) is 14.3 Å². The summed E-state index contributed by atoms with van der Waals surface area (Å²) in [7, 11) is 0. The molecule has 22 heavy (non-hydrogen) atoms. The summed E-state index contributed by atoms with van der Waals surface area (Å²) < 4.78 is 5.40. The summed E-state index contributed by atoms with van der Waals surface area (Å²) >= 11 is 0. The van der Waals surface area contributed by atoms with Crippen LogP contribution in [0.1, 0.15) is 12.8 Å². The number of hydrogen-bond acceptors (Lipinski definition) is 4. The molecule has 6 heteroatoms. The van der Waals surface area contributed by atoms with Crippen LogP contribution in [0.5, 0.6) is 0 Å². The average molecular weight is 299 g/mol. The predicted octanol–water partition coefficient (Wildman–Crippen LogP) is 1.47. The molecule has 1 aromatic carbocycles. The van der Waals surface area contributed by atoms with E-state index in [1.165, 1.54) is 0 Å². The zero-order chi connectivity index (χ0) is 15.4. The molecule has 1 atom stereocenters. The normalized spacial score (nSPS) is 17.4. The Morgan fingerprint density at radius 2 is 2.09 bits per heavy atom. The second-order valence-electron chi connectivity index (χ2n) is 5.18. The maximum absolute atomic E-state index is 12.0. The number of benzene rings is 1. The Morgan fingerprint density at radius 1 is 1.23 bits per heavy atom. The van der Waals surface area contributed by atoms with Gasteiger partial charge in [0.15, 0.2) is 0 Å². The summed E-state index contributed by atoms with van der Waals surface area (Å²) in [5.41, 5.74) is 1.18. The molecule has 1 aromatic heterocycles. The summed E-state index contributed by atoms with van der Waals surface area (Å²) in [6, 6.07) is 9.15. The molecule has 1 saturated heterocycles. The third-order valence-corrected chi connectivity index (χ3v) is 3.60. The number of nitrogens with one attached hydrogen (secondary N) is 2. The van der Waals surface area contributed by atoms with Gasteiger partial charge in [-0.1, -0.05) is 18.2 Å². The van der Waals surface area contributed by atoms with E-state index >= 15 is 0 Å². The Morgan fingerprint density at radius 3 is 2.91 bits per heavy atom. The smallest absolute Gasteiger partial charge is 0.313 e. The zero-order valence-corrected chi connectivity index (χ0v) is 12.0. The van der Waals surface area contributed by atoms with E-state index in [4.69, 9.17) is 4.74 Å². The molecular weight excluding hydrogens is 282 g/mol. The van der Waals surface area contributed by atoms with Crippen LogP contribution >= 0.6 is 0 Å². The van der Waals surface area contributed by atoms with Crippen molar-refractivity contribution in [3.63, 3.8) is 0 Å². The number of amides is 2. The van der Waals surface area contributed by atoms with Gasteiger partial charge in [-0.15, -0.1) is 0 Å². The SMILES string of the molecule is O=C(NCC1CCCO1)C(=O)Nc1cccc2cccnc12. The summed E-state index contributed by atoms with van der Waals surface area (Å²) in [5.74, 6) is -1.36. The number of rotatable bonds is 3. The van der Waals surface area contributed by atoms with Crippen molar-refractivity contribution in [2.75, 3.05) is 18.5 Å². The first kappa shape index (κ1) is 14.5. The third kappa shape index (κ3) is 3.23. The Hall–Kier alpha value is -2.47. The van der Waals surface area contributed by atoms with Gasteiger partial charge >= 0.3 is 11.8 Å². The third-order valence-electron chi connectivity index (χ3n) is 3.60. The van der Waals surface area contributed by atoms with Gasteiger partial charge in [0.25, 0.3) is 0 Å². The second-order valence-corrected chi connectivity index (χ2v) is 5.18. The van der Waals surface area contributed by atoms with Gasteiger partial charge in [0, 0.05) is 24.7 Å². The van der Waals surface area contributed by atoms with Crippen LogP contribution in [-0.4, -0.2) is 36.1 Å². The second kappa shape index (κ2) is 6.53. The Bertz CT molecular complexity index is 691. The Balaban J connectivity index is 1.63. The van der Waals surface area contributed by atoms with Gasteiger partial charge in [-0.25, -0.2) is 0 Å². The molecule has 0 aliphatic carbocycles. The highest BCUT2D eigenvalue weighted by molar-refractivity contribution is 6.40. The predicted molar refractivity (Wildman–Crippen MR) is 82.4 cm³/mol. The molecule has 1 fully saturated rings. The molecule has 2 amide bonds. The molecule has 114 valence electrons. The highest BCUT2D eigenvalue weighted by Crippen LogP contribution is 2.20. The first-order valence-corrected chi connectivity index (χ1v) is 7.28. The molecule has 1 aliphatic heterocycles. The number of anilines is 1. The van der Waals surface area contributed by atoms with E-state index in [9.17, 15) is 9.59 Å². The van der Waals surface area contributed by atoms with Crippen molar-refractivity contribution < 1.29 is 14.3 Å². The minimum atomic E-state index is -0.698. The molecule has 2 aromatic rings. The van der Waals surface area contributed by atoms with Crippen LogP contribution < -0.4 is 10.6 Å². The topological polar surface area (TPSA) is 80.3 Å². The van der Waals surface area contributed by atoms with E-state index in [0.717, 1.165) is 18.2 Å². The molecule has 2 heterocycles. The van der Waals surface area contributed by atoms with Crippen molar-refractivity contribution >= 4 is 28.4 Å². The largest absolute Gasteiger partial charge is 0.376 e. The molecule has 3 rings (SSSR count). The van der Waals surface area contributed by atoms with Crippen LogP contribution in [0.4, 0.5) is 5.69 Å². The van der Waals surface area contributed by atoms with Gasteiger partial charge in [0.05, 0.1) is 17.3 Å². The van der Waals surface area contributed by atoms with E-state index in [0.29, 0.717) is 24.4 Å². The van der Waals surface area contributed by atoms with Gasteiger partial charge < -0.3 is 15.4 Å². The summed E-state index contributed by atoms with van der Waals surface area (Å²) in [5, 5.41) is 6.10. The maximum atomic E-state index is 12.0. The first-order valence-electron chi connectivity index (χ1n) is 7.28. The van der Waals surface area contributed by atoms with Crippen LogP contribution in [0.15, 0.2) is 36.5 Å². The lowest BCUT2D eigenvalue weighted by atomic mass is 10.2. The number of nitrogens with zero attached hydrogens (tertiary/aromatic N) is 1. The number of pyridine rings is 1. The van der Waals surface area contributed by atoms with E-state index in [1.54, 1.807) is 12.3 Å². The molecule has 0 radical (unpaired) electrons. The van der Waals surface area contributed by atoms with Crippen LogP contribution in [0.25, 0.3) is 10.9 Å². The van der Waals surface area contributed by atoms with Crippen LogP contribution in [0, 0.1) is 0 Å². The van der Waals surface area contributed by atoms with E-state index in [2.05, 4.69) is 15.6 Å². The number of carbonyl (C=O) groups is 2. The number of carbonyl (C=O) groups excluding carboxylic acids is 2. The summed E-state index contributed by atoms with van der Waals surface area (Å²) in [6.07, 6.45) is 3.56. The number of hydrogen-bond donors (Lipinski definition) is 2. The Labute approximate surface area is 127 Å². The Kier molecular flexibility index (Phi) is 4.29. The van der Waals surface area contributed by atoms with Crippen molar-refractivity contribution in [1.82, 2.24) is 10.3 Å². The lowest BCUT2D eigenvalue weighted by Crippen LogP contribution is -2.39. The standard InChI is InChI=1S/C16H17N3O3/c20-15(18-10-12-6-3-9-22-12)16(21)19-13-7-1-4-11-5-2-8-17-14(11)13/h1-2,4-5,7-8,12H,3,6,9-10H2,(H,18,20)(H,19,21).